The van der Waals surface area contributed by atoms with Crippen molar-refractivity contribution in [2.75, 3.05) is 26.2 Å². The van der Waals surface area contributed by atoms with Crippen LogP contribution in [0.4, 0.5) is 0 Å². The van der Waals surface area contributed by atoms with E-state index in [9.17, 15) is 0 Å². The molecular weight excluding hydrogens is 383 g/mol. The third-order valence-corrected chi connectivity index (χ3v) is 4.95. The second kappa shape index (κ2) is 7.61. The number of thiophene rings is 1. The lowest BCUT2D eigenvalue weighted by Gasteiger charge is -2.33. The van der Waals surface area contributed by atoms with E-state index in [4.69, 9.17) is 0 Å². The third kappa shape index (κ3) is 3.85. The van der Waals surface area contributed by atoms with Crippen LogP contribution in [0.1, 0.15) is 23.8 Å². The molecule has 1 atom stereocenters. The number of aliphatic imine (C=N–C) groups is 1. The van der Waals surface area contributed by atoms with Gasteiger partial charge in [-0.25, -0.2) is 0 Å². The molecule has 0 aromatic carbocycles. The highest BCUT2D eigenvalue weighted by Gasteiger charge is 2.21. The second-order valence-corrected chi connectivity index (χ2v) is 6.33. The van der Waals surface area contributed by atoms with E-state index < -0.39 is 0 Å². The number of hydrogen-bond acceptors (Lipinski definition) is 5. The van der Waals surface area contributed by atoms with Gasteiger partial charge in [-0.15, -0.1) is 35.3 Å². The maximum atomic E-state index is 4.45. The zero-order valence-electron chi connectivity index (χ0n) is 11.9. The molecule has 6 heteroatoms. The lowest BCUT2D eigenvalue weighted by Crippen LogP contribution is -2.48. The van der Waals surface area contributed by atoms with Gasteiger partial charge < -0.3 is 10.6 Å². The van der Waals surface area contributed by atoms with Gasteiger partial charge in [-0.05, 0) is 36.8 Å². The van der Waals surface area contributed by atoms with Gasteiger partial charge in [0, 0.05) is 43.6 Å². The average molecular weight is 406 g/mol. The SMILES string of the molecule is CC(CNC1=NCCCN1)N1CCc2sccc2C1.I. The Bertz CT molecular complexity index is 460. The molecule has 3 heterocycles. The first kappa shape index (κ1) is 16.0. The normalized spacial score (nSPS) is 20.1. The fraction of sp³-hybridized carbons (Fsp3) is 0.643. The Morgan fingerprint density at radius 1 is 1.55 bits per heavy atom. The van der Waals surface area contributed by atoms with E-state index in [-0.39, 0.29) is 24.0 Å². The Hall–Kier alpha value is -0.340. The predicted molar refractivity (Wildman–Crippen MR) is 96.2 cm³/mol. The fourth-order valence-electron chi connectivity index (χ4n) is 2.67. The van der Waals surface area contributed by atoms with Gasteiger partial charge in [0.2, 0.25) is 0 Å². The van der Waals surface area contributed by atoms with E-state index in [0.29, 0.717) is 6.04 Å². The van der Waals surface area contributed by atoms with Crippen LogP contribution in [0.3, 0.4) is 0 Å². The topological polar surface area (TPSA) is 39.7 Å². The molecule has 0 amide bonds. The Morgan fingerprint density at radius 3 is 3.25 bits per heavy atom. The second-order valence-electron chi connectivity index (χ2n) is 5.33. The van der Waals surface area contributed by atoms with E-state index in [2.05, 4.69) is 38.9 Å². The zero-order valence-corrected chi connectivity index (χ0v) is 15.0. The van der Waals surface area contributed by atoms with Gasteiger partial charge in [-0.3, -0.25) is 9.89 Å². The molecule has 4 nitrogen and oxygen atoms in total. The van der Waals surface area contributed by atoms with E-state index in [1.54, 1.807) is 4.88 Å². The van der Waals surface area contributed by atoms with Gasteiger partial charge in [0.05, 0.1) is 0 Å². The van der Waals surface area contributed by atoms with E-state index in [1.807, 2.05) is 11.3 Å². The molecule has 20 heavy (non-hydrogen) atoms. The summed E-state index contributed by atoms with van der Waals surface area (Å²) >= 11 is 1.90. The number of rotatable bonds is 3. The first-order chi connectivity index (χ1) is 9.33. The van der Waals surface area contributed by atoms with Crippen molar-refractivity contribution in [3.8, 4) is 0 Å². The highest BCUT2D eigenvalue weighted by Crippen LogP contribution is 2.24. The van der Waals surface area contributed by atoms with Crippen molar-refractivity contribution in [2.45, 2.75) is 32.4 Å². The maximum Gasteiger partial charge on any atom is 0.191 e. The molecule has 0 spiro atoms. The van der Waals surface area contributed by atoms with Crippen LogP contribution in [0.5, 0.6) is 0 Å². The van der Waals surface area contributed by atoms with Gasteiger partial charge in [0.15, 0.2) is 5.96 Å². The average Bonchev–Trinajstić information content (AvgIpc) is 2.93. The lowest BCUT2D eigenvalue weighted by atomic mass is 10.1. The molecule has 2 aliphatic rings. The Balaban J connectivity index is 0.00000147. The molecule has 1 unspecified atom stereocenters. The quantitative estimate of drug-likeness (QED) is 0.755. The summed E-state index contributed by atoms with van der Waals surface area (Å²) in [4.78, 5) is 8.59. The lowest BCUT2D eigenvalue weighted by molar-refractivity contribution is 0.192. The summed E-state index contributed by atoms with van der Waals surface area (Å²) in [5, 5.41) is 8.97. The molecule has 0 fully saturated rings. The molecule has 0 saturated heterocycles. The van der Waals surface area contributed by atoms with Gasteiger partial charge in [-0.1, -0.05) is 0 Å². The van der Waals surface area contributed by atoms with Crippen LogP contribution < -0.4 is 10.6 Å². The summed E-state index contributed by atoms with van der Waals surface area (Å²) < 4.78 is 0. The third-order valence-electron chi connectivity index (χ3n) is 3.92. The monoisotopic (exact) mass is 406 g/mol. The van der Waals surface area contributed by atoms with Crippen LogP contribution in [-0.2, 0) is 13.0 Å². The van der Waals surface area contributed by atoms with E-state index in [0.717, 1.165) is 38.6 Å². The molecule has 0 radical (unpaired) electrons. The van der Waals surface area contributed by atoms with Crippen LogP contribution in [0.2, 0.25) is 0 Å². The number of guanidine groups is 1. The van der Waals surface area contributed by atoms with Crippen molar-refractivity contribution in [1.82, 2.24) is 15.5 Å². The van der Waals surface area contributed by atoms with E-state index in [1.165, 1.54) is 18.5 Å². The minimum atomic E-state index is 0. The van der Waals surface area contributed by atoms with Crippen molar-refractivity contribution in [3.63, 3.8) is 0 Å². The van der Waals surface area contributed by atoms with Crippen LogP contribution in [0.25, 0.3) is 0 Å². The number of fused-ring (bicyclic) bond motifs is 1. The molecule has 112 valence electrons. The Labute approximate surface area is 142 Å². The fourth-order valence-corrected chi connectivity index (χ4v) is 3.56. The number of halogens is 1. The first-order valence-electron chi connectivity index (χ1n) is 7.14. The Kier molecular flexibility index (Phi) is 6.10. The smallest absolute Gasteiger partial charge is 0.191 e. The van der Waals surface area contributed by atoms with Crippen molar-refractivity contribution in [3.05, 3.63) is 21.9 Å². The molecule has 2 N–H and O–H groups in total. The standard InChI is InChI=1S/C14H22N4S.HI/c1-11(9-17-14-15-5-2-6-16-14)18-7-3-13-12(10-18)4-8-19-13;/h4,8,11H,2-3,5-7,9-10H2,1H3,(H2,15,16,17);1H. The zero-order chi connectivity index (χ0) is 13.1. The molecular formula is C14H23IN4S. The molecule has 0 bridgehead atoms. The van der Waals surface area contributed by atoms with Crippen molar-refractivity contribution >= 4 is 41.3 Å². The van der Waals surface area contributed by atoms with Gasteiger partial charge in [-0.2, -0.15) is 0 Å². The molecule has 0 saturated carbocycles. The highest BCUT2D eigenvalue weighted by atomic mass is 127. The summed E-state index contributed by atoms with van der Waals surface area (Å²) in [6.07, 6.45) is 2.35. The van der Waals surface area contributed by atoms with Gasteiger partial charge >= 0.3 is 0 Å². The molecule has 2 aliphatic heterocycles. The van der Waals surface area contributed by atoms with Crippen molar-refractivity contribution < 1.29 is 0 Å². The number of nitrogens with one attached hydrogen (secondary N) is 2. The first-order valence-corrected chi connectivity index (χ1v) is 8.02. The summed E-state index contributed by atoms with van der Waals surface area (Å²) in [5.74, 6) is 0.978. The number of hydrogen-bond donors (Lipinski definition) is 2. The summed E-state index contributed by atoms with van der Waals surface area (Å²) in [5.41, 5.74) is 1.52. The predicted octanol–water partition coefficient (Wildman–Crippen LogP) is 2.05. The molecule has 1 aromatic heterocycles. The van der Waals surface area contributed by atoms with Crippen LogP contribution in [-0.4, -0.2) is 43.1 Å². The summed E-state index contributed by atoms with van der Waals surface area (Å²) in [6, 6.07) is 2.82. The van der Waals surface area contributed by atoms with Crippen LogP contribution in [0.15, 0.2) is 16.4 Å². The molecule has 0 aliphatic carbocycles. The minimum absolute atomic E-state index is 0. The molecule has 3 rings (SSSR count). The summed E-state index contributed by atoms with van der Waals surface area (Å²) in [7, 11) is 0. The van der Waals surface area contributed by atoms with Gasteiger partial charge in [0.1, 0.15) is 0 Å². The minimum Gasteiger partial charge on any atom is -0.356 e. The van der Waals surface area contributed by atoms with Crippen molar-refractivity contribution in [1.29, 1.82) is 0 Å². The molecule has 1 aromatic rings. The van der Waals surface area contributed by atoms with E-state index >= 15 is 0 Å². The highest BCUT2D eigenvalue weighted by molar-refractivity contribution is 14.0. The maximum absolute atomic E-state index is 4.45. The van der Waals surface area contributed by atoms with Crippen LogP contribution in [0, 0.1) is 0 Å². The van der Waals surface area contributed by atoms with Crippen molar-refractivity contribution in [2.24, 2.45) is 4.99 Å². The summed E-state index contributed by atoms with van der Waals surface area (Å²) in [6.45, 7) is 7.53. The van der Waals surface area contributed by atoms with Gasteiger partial charge in [0.25, 0.3) is 0 Å². The number of nitrogens with zero attached hydrogens (tertiary/aromatic N) is 2. The van der Waals surface area contributed by atoms with Crippen LogP contribution >= 0.6 is 35.3 Å². The largest absolute Gasteiger partial charge is 0.356 e. The Morgan fingerprint density at radius 2 is 2.45 bits per heavy atom.